The fourth-order valence-corrected chi connectivity index (χ4v) is 2.94. The summed E-state index contributed by atoms with van der Waals surface area (Å²) in [5.41, 5.74) is 1.70. The van der Waals surface area contributed by atoms with Gasteiger partial charge in [0.2, 0.25) is 0 Å². The molecule has 1 aromatic carbocycles. The third kappa shape index (κ3) is 2.84. The minimum Gasteiger partial charge on any atom is -0.505 e. The Bertz CT molecular complexity index is 588. The van der Waals surface area contributed by atoms with Gasteiger partial charge in [-0.2, -0.15) is 5.10 Å². The standard InChI is InChI=1S/C16H19FN2O/c17-15-7-6-13(8-16(15)20)14-9-18-19(11-14)10-12-4-2-1-3-5-12/h6-9,11-12,20H,1-5,10H2. The van der Waals surface area contributed by atoms with Crippen molar-refractivity contribution in [3.8, 4) is 16.9 Å². The fourth-order valence-electron chi connectivity index (χ4n) is 2.94. The second-order valence-corrected chi connectivity index (χ2v) is 5.62. The molecule has 1 heterocycles. The number of rotatable bonds is 3. The van der Waals surface area contributed by atoms with Crippen molar-refractivity contribution in [3.63, 3.8) is 0 Å². The van der Waals surface area contributed by atoms with E-state index >= 15 is 0 Å². The lowest BCUT2D eigenvalue weighted by Crippen LogP contribution is -2.14. The van der Waals surface area contributed by atoms with E-state index in [1.165, 1.54) is 44.2 Å². The third-order valence-electron chi connectivity index (χ3n) is 4.08. The second-order valence-electron chi connectivity index (χ2n) is 5.62. The number of aromatic hydroxyl groups is 1. The Balaban J connectivity index is 1.73. The zero-order chi connectivity index (χ0) is 13.9. The number of phenols is 1. The first-order valence-corrected chi connectivity index (χ1v) is 7.24. The van der Waals surface area contributed by atoms with Crippen molar-refractivity contribution < 1.29 is 9.50 Å². The lowest BCUT2D eigenvalue weighted by molar-refractivity contribution is 0.308. The molecule has 1 aliphatic carbocycles. The van der Waals surface area contributed by atoms with Gasteiger partial charge in [0.05, 0.1) is 6.20 Å². The van der Waals surface area contributed by atoms with E-state index in [2.05, 4.69) is 5.10 Å². The van der Waals surface area contributed by atoms with E-state index in [1.54, 1.807) is 12.3 Å². The number of benzene rings is 1. The summed E-state index contributed by atoms with van der Waals surface area (Å²) in [5, 5.41) is 13.8. The molecule has 0 bridgehead atoms. The molecule has 0 unspecified atom stereocenters. The molecule has 0 amide bonds. The van der Waals surface area contributed by atoms with Crippen LogP contribution >= 0.6 is 0 Å². The van der Waals surface area contributed by atoms with Crippen LogP contribution in [0.4, 0.5) is 4.39 Å². The highest BCUT2D eigenvalue weighted by Crippen LogP contribution is 2.27. The van der Waals surface area contributed by atoms with Crippen LogP contribution in [0.2, 0.25) is 0 Å². The molecule has 0 saturated heterocycles. The summed E-state index contributed by atoms with van der Waals surface area (Å²) in [6, 6.07) is 4.39. The van der Waals surface area contributed by atoms with Crippen molar-refractivity contribution in [3.05, 3.63) is 36.4 Å². The molecule has 0 spiro atoms. The maximum atomic E-state index is 13.1. The summed E-state index contributed by atoms with van der Waals surface area (Å²) in [6.45, 7) is 0.952. The van der Waals surface area contributed by atoms with E-state index in [-0.39, 0.29) is 5.75 Å². The molecular weight excluding hydrogens is 255 g/mol. The van der Waals surface area contributed by atoms with Gasteiger partial charge in [-0.15, -0.1) is 0 Å². The van der Waals surface area contributed by atoms with E-state index in [0.29, 0.717) is 0 Å². The molecule has 0 atom stereocenters. The zero-order valence-electron chi connectivity index (χ0n) is 11.4. The van der Waals surface area contributed by atoms with Crippen LogP contribution in [-0.2, 0) is 6.54 Å². The molecule has 106 valence electrons. The van der Waals surface area contributed by atoms with Crippen LogP contribution in [0.15, 0.2) is 30.6 Å². The molecule has 3 nitrogen and oxygen atoms in total. The third-order valence-corrected chi connectivity index (χ3v) is 4.08. The van der Waals surface area contributed by atoms with Crippen LogP contribution in [-0.4, -0.2) is 14.9 Å². The normalized spacial score (nSPS) is 16.4. The zero-order valence-corrected chi connectivity index (χ0v) is 11.4. The second kappa shape index (κ2) is 5.65. The van der Waals surface area contributed by atoms with E-state index in [9.17, 15) is 9.50 Å². The van der Waals surface area contributed by atoms with Gasteiger partial charge >= 0.3 is 0 Å². The topological polar surface area (TPSA) is 38.1 Å². The lowest BCUT2D eigenvalue weighted by atomic mass is 9.89. The minimum absolute atomic E-state index is 0.317. The van der Waals surface area contributed by atoms with Crippen molar-refractivity contribution in [2.75, 3.05) is 0 Å². The monoisotopic (exact) mass is 274 g/mol. The minimum atomic E-state index is -0.594. The van der Waals surface area contributed by atoms with Crippen LogP contribution in [0.25, 0.3) is 11.1 Å². The van der Waals surface area contributed by atoms with Crippen LogP contribution in [0.5, 0.6) is 5.75 Å². The van der Waals surface area contributed by atoms with E-state index in [0.717, 1.165) is 23.6 Å². The van der Waals surface area contributed by atoms with Gasteiger partial charge in [-0.25, -0.2) is 4.39 Å². The Morgan fingerprint density at radius 2 is 2.00 bits per heavy atom. The molecule has 0 radical (unpaired) electrons. The molecule has 20 heavy (non-hydrogen) atoms. The summed E-state index contributed by atoms with van der Waals surface area (Å²) in [5.74, 6) is -0.191. The number of halogens is 1. The maximum absolute atomic E-state index is 13.1. The number of aromatic nitrogens is 2. The number of phenolic OH excluding ortho intramolecular Hbond substituents is 1. The quantitative estimate of drug-likeness (QED) is 0.919. The van der Waals surface area contributed by atoms with Crippen molar-refractivity contribution in [1.82, 2.24) is 9.78 Å². The molecule has 1 aliphatic rings. The SMILES string of the molecule is Oc1cc(-c2cnn(CC3CCCCC3)c2)ccc1F. The van der Waals surface area contributed by atoms with Crippen LogP contribution in [0.1, 0.15) is 32.1 Å². The average molecular weight is 274 g/mol. The highest BCUT2D eigenvalue weighted by Gasteiger charge is 2.14. The maximum Gasteiger partial charge on any atom is 0.164 e. The van der Waals surface area contributed by atoms with Gasteiger partial charge in [-0.1, -0.05) is 25.3 Å². The van der Waals surface area contributed by atoms with E-state index in [4.69, 9.17) is 0 Å². The fraction of sp³-hybridized carbons (Fsp3) is 0.438. The van der Waals surface area contributed by atoms with Gasteiger partial charge in [0.15, 0.2) is 11.6 Å². The first-order valence-electron chi connectivity index (χ1n) is 7.24. The van der Waals surface area contributed by atoms with Crippen molar-refractivity contribution in [1.29, 1.82) is 0 Å². The Labute approximate surface area is 118 Å². The molecule has 1 N–H and O–H groups in total. The van der Waals surface area contributed by atoms with Crippen LogP contribution < -0.4 is 0 Å². The molecule has 3 rings (SSSR count). The van der Waals surface area contributed by atoms with Crippen LogP contribution in [0, 0.1) is 11.7 Å². The van der Waals surface area contributed by atoms with Gasteiger partial charge in [0.1, 0.15) is 0 Å². The van der Waals surface area contributed by atoms with E-state index < -0.39 is 5.82 Å². The lowest BCUT2D eigenvalue weighted by Gasteiger charge is -2.21. The summed E-state index contributed by atoms with van der Waals surface area (Å²) in [7, 11) is 0. The predicted molar refractivity (Wildman–Crippen MR) is 75.9 cm³/mol. The highest BCUT2D eigenvalue weighted by atomic mass is 19.1. The molecule has 1 fully saturated rings. The van der Waals surface area contributed by atoms with E-state index in [1.807, 2.05) is 10.9 Å². The van der Waals surface area contributed by atoms with Gasteiger partial charge in [0.25, 0.3) is 0 Å². The molecule has 1 aromatic heterocycles. The number of hydrogen-bond acceptors (Lipinski definition) is 2. The van der Waals surface area contributed by atoms with Crippen molar-refractivity contribution in [2.24, 2.45) is 5.92 Å². The first-order chi connectivity index (χ1) is 9.72. The van der Waals surface area contributed by atoms with Gasteiger partial charge in [0, 0.05) is 18.3 Å². The predicted octanol–water partition coefficient (Wildman–Crippen LogP) is 3.98. The van der Waals surface area contributed by atoms with Gasteiger partial charge in [-0.3, -0.25) is 4.68 Å². The Hall–Kier alpha value is -1.84. The highest BCUT2D eigenvalue weighted by molar-refractivity contribution is 5.63. The van der Waals surface area contributed by atoms with Crippen LogP contribution in [0.3, 0.4) is 0 Å². The summed E-state index contributed by atoms with van der Waals surface area (Å²) >= 11 is 0. The molecule has 1 saturated carbocycles. The molecule has 4 heteroatoms. The average Bonchev–Trinajstić information content (AvgIpc) is 2.91. The summed E-state index contributed by atoms with van der Waals surface area (Å²) in [4.78, 5) is 0. The Kier molecular flexibility index (Phi) is 3.72. The van der Waals surface area contributed by atoms with Crippen molar-refractivity contribution in [2.45, 2.75) is 38.6 Å². The Morgan fingerprint density at radius 3 is 2.75 bits per heavy atom. The molecular formula is C16H19FN2O. The first kappa shape index (κ1) is 13.2. The number of hydrogen-bond donors (Lipinski definition) is 1. The molecule has 0 aliphatic heterocycles. The number of nitrogens with zero attached hydrogens (tertiary/aromatic N) is 2. The molecule has 2 aromatic rings. The smallest absolute Gasteiger partial charge is 0.164 e. The van der Waals surface area contributed by atoms with Gasteiger partial charge < -0.3 is 5.11 Å². The largest absolute Gasteiger partial charge is 0.505 e. The Morgan fingerprint density at radius 1 is 1.20 bits per heavy atom. The summed E-state index contributed by atoms with van der Waals surface area (Å²) in [6.07, 6.45) is 10.3. The van der Waals surface area contributed by atoms with Crippen molar-refractivity contribution >= 4 is 0 Å². The summed E-state index contributed by atoms with van der Waals surface area (Å²) < 4.78 is 15.0. The van der Waals surface area contributed by atoms with Gasteiger partial charge in [-0.05, 0) is 36.5 Å².